The molecule has 136 valence electrons. The van der Waals surface area contributed by atoms with Gasteiger partial charge in [0.1, 0.15) is 0 Å². The maximum atomic E-state index is 12.1. The number of hydrogen-bond donors (Lipinski definition) is 3. The Morgan fingerprint density at radius 3 is 2.48 bits per heavy atom. The van der Waals surface area contributed by atoms with Crippen molar-refractivity contribution in [3.8, 4) is 0 Å². The second kappa shape index (κ2) is 7.92. The number of nitrogens with zero attached hydrogens (tertiary/aromatic N) is 1. The molecule has 0 aliphatic carbocycles. The van der Waals surface area contributed by atoms with E-state index in [0.717, 1.165) is 12.8 Å². The van der Waals surface area contributed by atoms with E-state index in [-0.39, 0.29) is 42.2 Å². The van der Waals surface area contributed by atoms with Crippen LogP contribution in [-0.2, 0) is 9.63 Å². The van der Waals surface area contributed by atoms with Crippen molar-refractivity contribution in [2.24, 2.45) is 5.92 Å². The van der Waals surface area contributed by atoms with E-state index in [1.165, 1.54) is 0 Å². The van der Waals surface area contributed by atoms with Crippen molar-refractivity contribution in [3.63, 3.8) is 0 Å². The van der Waals surface area contributed by atoms with Gasteiger partial charge in [0.05, 0.1) is 12.7 Å². The van der Waals surface area contributed by atoms with Crippen molar-refractivity contribution < 1.29 is 19.8 Å². The zero-order valence-electron chi connectivity index (χ0n) is 15.4. The fourth-order valence-corrected chi connectivity index (χ4v) is 3.46. The van der Waals surface area contributed by atoms with Crippen LogP contribution in [-0.4, -0.2) is 57.6 Å². The van der Waals surface area contributed by atoms with Gasteiger partial charge in [-0.2, -0.15) is 5.06 Å². The lowest BCUT2D eigenvalue weighted by Crippen LogP contribution is -2.68. The van der Waals surface area contributed by atoms with Gasteiger partial charge >= 0.3 is 0 Å². The maximum Gasteiger partial charge on any atom is 0.251 e. The van der Waals surface area contributed by atoms with Crippen LogP contribution >= 0.6 is 0 Å². The smallest absolute Gasteiger partial charge is 0.251 e. The molecular formula is C17H34N2O4. The molecule has 3 N–H and O–H groups in total. The van der Waals surface area contributed by atoms with Crippen LogP contribution in [0.3, 0.4) is 0 Å². The van der Waals surface area contributed by atoms with Gasteiger partial charge in [-0.1, -0.05) is 20.8 Å². The predicted octanol–water partition coefficient (Wildman–Crippen LogP) is 1.46. The van der Waals surface area contributed by atoms with Gasteiger partial charge in [-0.05, 0) is 40.0 Å². The molecule has 1 rings (SSSR count). The molecule has 1 amide bonds. The summed E-state index contributed by atoms with van der Waals surface area (Å²) in [5, 5.41) is 23.9. The van der Waals surface area contributed by atoms with Crippen LogP contribution < -0.4 is 5.32 Å². The molecule has 0 aromatic heterocycles. The molecule has 5 unspecified atom stereocenters. The topological polar surface area (TPSA) is 82.0 Å². The standard InChI is InChI=1S/C17H34N2O4/c1-7-16(5)11-14(21)12(3)17(6,8-2)19(16)23-13(4)15(22)18-9-10-20/h12-14,20-21H,7-11H2,1-6H3,(H,18,22). The number of carbonyl (C=O) groups is 1. The van der Waals surface area contributed by atoms with Crippen molar-refractivity contribution in [2.75, 3.05) is 13.2 Å². The highest BCUT2D eigenvalue weighted by molar-refractivity contribution is 5.80. The van der Waals surface area contributed by atoms with Crippen LogP contribution in [0.4, 0.5) is 0 Å². The molecule has 0 aromatic carbocycles. The molecular weight excluding hydrogens is 296 g/mol. The lowest BCUT2D eigenvalue weighted by Gasteiger charge is -2.58. The SMILES string of the molecule is CCC1(C)CC(O)C(C)C(C)(CC)N1OC(C)C(=O)NCCO. The van der Waals surface area contributed by atoms with Crippen LogP contribution in [0.15, 0.2) is 0 Å². The number of amides is 1. The van der Waals surface area contributed by atoms with Crippen molar-refractivity contribution in [2.45, 2.75) is 84.1 Å². The van der Waals surface area contributed by atoms with Crippen LogP contribution in [0.5, 0.6) is 0 Å². The third-order valence-electron chi connectivity index (χ3n) is 5.68. The first-order chi connectivity index (χ1) is 10.7. The quantitative estimate of drug-likeness (QED) is 0.658. The molecule has 23 heavy (non-hydrogen) atoms. The molecule has 1 aliphatic heterocycles. The first kappa shape index (κ1) is 20.4. The summed E-state index contributed by atoms with van der Waals surface area (Å²) in [7, 11) is 0. The zero-order chi connectivity index (χ0) is 17.8. The van der Waals surface area contributed by atoms with E-state index < -0.39 is 6.10 Å². The van der Waals surface area contributed by atoms with E-state index in [2.05, 4.69) is 33.0 Å². The molecule has 0 radical (unpaired) electrons. The summed E-state index contributed by atoms with van der Waals surface area (Å²) < 4.78 is 0. The van der Waals surface area contributed by atoms with E-state index in [0.29, 0.717) is 6.42 Å². The third kappa shape index (κ3) is 4.05. The van der Waals surface area contributed by atoms with Crippen molar-refractivity contribution in [3.05, 3.63) is 0 Å². The molecule has 0 aromatic rings. The fraction of sp³-hybridized carbons (Fsp3) is 0.941. The lowest BCUT2D eigenvalue weighted by molar-refractivity contribution is -0.328. The maximum absolute atomic E-state index is 12.1. The zero-order valence-corrected chi connectivity index (χ0v) is 15.4. The third-order valence-corrected chi connectivity index (χ3v) is 5.68. The lowest BCUT2D eigenvalue weighted by atomic mass is 9.69. The molecule has 1 saturated heterocycles. The summed E-state index contributed by atoms with van der Waals surface area (Å²) in [5.74, 6) is -0.199. The first-order valence-corrected chi connectivity index (χ1v) is 8.70. The fourth-order valence-electron chi connectivity index (χ4n) is 3.46. The van der Waals surface area contributed by atoms with Gasteiger partial charge in [0, 0.05) is 23.5 Å². The number of hydroxylamine groups is 2. The van der Waals surface area contributed by atoms with E-state index in [1.807, 2.05) is 12.0 Å². The van der Waals surface area contributed by atoms with Gasteiger partial charge in [-0.25, -0.2) is 0 Å². The minimum Gasteiger partial charge on any atom is -0.395 e. The molecule has 1 fully saturated rings. The molecule has 6 heteroatoms. The minimum atomic E-state index is -0.652. The largest absolute Gasteiger partial charge is 0.395 e. The van der Waals surface area contributed by atoms with Crippen molar-refractivity contribution in [1.82, 2.24) is 10.4 Å². The number of aliphatic hydroxyl groups is 2. The monoisotopic (exact) mass is 330 g/mol. The molecule has 0 spiro atoms. The highest BCUT2D eigenvalue weighted by Gasteiger charge is 2.54. The number of aliphatic hydroxyl groups excluding tert-OH is 2. The van der Waals surface area contributed by atoms with E-state index in [1.54, 1.807) is 6.92 Å². The predicted molar refractivity (Wildman–Crippen MR) is 89.7 cm³/mol. The number of hydrogen-bond acceptors (Lipinski definition) is 5. The Morgan fingerprint density at radius 2 is 2.00 bits per heavy atom. The molecule has 1 heterocycles. The van der Waals surface area contributed by atoms with E-state index in [9.17, 15) is 9.90 Å². The summed E-state index contributed by atoms with van der Waals surface area (Å²) in [6.45, 7) is 12.2. The number of nitrogens with one attached hydrogen (secondary N) is 1. The van der Waals surface area contributed by atoms with Crippen LogP contribution in [0.25, 0.3) is 0 Å². The molecule has 5 atom stereocenters. The molecule has 6 nitrogen and oxygen atoms in total. The number of rotatable bonds is 7. The van der Waals surface area contributed by atoms with Gasteiger partial charge in [0.25, 0.3) is 5.91 Å². The van der Waals surface area contributed by atoms with Gasteiger partial charge < -0.3 is 15.5 Å². The second-order valence-corrected chi connectivity index (χ2v) is 7.18. The molecule has 0 saturated carbocycles. The van der Waals surface area contributed by atoms with Crippen molar-refractivity contribution >= 4 is 5.91 Å². The molecule has 0 bridgehead atoms. The summed E-state index contributed by atoms with van der Waals surface area (Å²) in [4.78, 5) is 18.2. The Morgan fingerprint density at radius 1 is 1.39 bits per heavy atom. The Labute approximate surface area is 140 Å². The van der Waals surface area contributed by atoms with Gasteiger partial charge in [-0.3, -0.25) is 9.63 Å². The van der Waals surface area contributed by atoms with E-state index in [4.69, 9.17) is 9.94 Å². The highest BCUT2D eigenvalue weighted by atomic mass is 16.7. The Kier molecular flexibility index (Phi) is 7.01. The van der Waals surface area contributed by atoms with Crippen molar-refractivity contribution in [1.29, 1.82) is 0 Å². The second-order valence-electron chi connectivity index (χ2n) is 7.18. The summed E-state index contributed by atoms with van der Waals surface area (Å²) in [6, 6.07) is 0. The summed E-state index contributed by atoms with van der Waals surface area (Å²) >= 11 is 0. The number of carbonyl (C=O) groups excluding carboxylic acids is 1. The Balaban J connectivity index is 3.03. The average Bonchev–Trinajstić information content (AvgIpc) is 2.54. The Bertz CT molecular complexity index is 406. The summed E-state index contributed by atoms with van der Waals surface area (Å²) in [6.07, 6.45) is 1.21. The number of piperidine rings is 1. The first-order valence-electron chi connectivity index (χ1n) is 8.70. The van der Waals surface area contributed by atoms with Crippen LogP contribution in [0, 0.1) is 5.92 Å². The van der Waals surface area contributed by atoms with Crippen LogP contribution in [0.2, 0.25) is 0 Å². The minimum absolute atomic E-state index is 0.0415. The van der Waals surface area contributed by atoms with Crippen LogP contribution in [0.1, 0.15) is 60.8 Å². The van der Waals surface area contributed by atoms with Gasteiger partial charge in [0.15, 0.2) is 6.10 Å². The Hall–Kier alpha value is -0.690. The summed E-state index contributed by atoms with van der Waals surface area (Å²) in [5.41, 5.74) is -0.684. The normalized spacial score (nSPS) is 36.7. The highest BCUT2D eigenvalue weighted by Crippen LogP contribution is 2.46. The van der Waals surface area contributed by atoms with Gasteiger partial charge in [-0.15, -0.1) is 0 Å². The van der Waals surface area contributed by atoms with Gasteiger partial charge in [0.2, 0.25) is 0 Å². The molecule has 1 aliphatic rings. The van der Waals surface area contributed by atoms with E-state index >= 15 is 0 Å². The average molecular weight is 330 g/mol.